The van der Waals surface area contributed by atoms with Gasteiger partial charge in [0.1, 0.15) is 0 Å². The number of carbonyl (C=O) groups excluding carboxylic acids is 1. The van der Waals surface area contributed by atoms with E-state index in [-0.39, 0.29) is 30.7 Å². The van der Waals surface area contributed by atoms with Gasteiger partial charge in [0, 0.05) is 42.6 Å². The number of benzene rings is 1. The number of amides is 1. The first-order valence-corrected chi connectivity index (χ1v) is 8.83. The minimum atomic E-state index is -0.581. The molecule has 142 valence electrons. The number of hydrogen-bond acceptors (Lipinski definition) is 6. The SMILES string of the molecule is O=C(Cc1c[nH]c(=O)[nH]c1=O)N1CCCC(Nc2ccc3c(c2)OCO3)C1. The molecule has 9 heteroatoms. The fraction of sp³-hybridized carbons (Fsp3) is 0.389. The van der Waals surface area contributed by atoms with Crippen LogP contribution in [0.2, 0.25) is 0 Å². The van der Waals surface area contributed by atoms with E-state index in [4.69, 9.17) is 9.47 Å². The smallest absolute Gasteiger partial charge is 0.325 e. The van der Waals surface area contributed by atoms with Crippen molar-refractivity contribution in [2.45, 2.75) is 25.3 Å². The molecule has 1 atom stereocenters. The second-order valence-corrected chi connectivity index (χ2v) is 6.67. The number of rotatable bonds is 4. The number of carbonyl (C=O) groups is 1. The van der Waals surface area contributed by atoms with E-state index in [9.17, 15) is 14.4 Å². The second kappa shape index (κ2) is 7.18. The third-order valence-electron chi connectivity index (χ3n) is 4.76. The van der Waals surface area contributed by atoms with Crippen molar-refractivity contribution < 1.29 is 14.3 Å². The maximum atomic E-state index is 12.6. The number of anilines is 1. The lowest BCUT2D eigenvalue weighted by molar-refractivity contribution is -0.131. The summed E-state index contributed by atoms with van der Waals surface area (Å²) in [5, 5.41) is 3.43. The number of H-pyrrole nitrogens is 2. The van der Waals surface area contributed by atoms with Crippen molar-refractivity contribution in [2.24, 2.45) is 0 Å². The summed E-state index contributed by atoms with van der Waals surface area (Å²) in [5.41, 5.74) is 0.0578. The Hall–Kier alpha value is -3.23. The Balaban J connectivity index is 1.39. The fourth-order valence-corrected chi connectivity index (χ4v) is 3.39. The predicted octanol–water partition coefficient (Wildman–Crippen LogP) is 0.438. The molecule has 1 amide bonds. The maximum absolute atomic E-state index is 12.6. The molecule has 0 radical (unpaired) electrons. The summed E-state index contributed by atoms with van der Waals surface area (Å²) < 4.78 is 10.7. The number of aromatic nitrogens is 2. The number of likely N-dealkylation sites (tertiary alicyclic amines) is 1. The van der Waals surface area contributed by atoms with Crippen LogP contribution in [0.25, 0.3) is 0 Å². The van der Waals surface area contributed by atoms with Gasteiger partial charge in [0.25, 0.3) is 5.56 Å². The lowest BCUT2D eigenvalue weighted by atomic mass is 10.0. The molecule has 3 N–H and O–H groups in total. The Morgan fingerprint density at radius 2 is 2.11 bits per heavy atom. The normalized spacial score (nSPS) is 18.4. The highest BCUT2D eigenvalue weighted by Gasteiger charge is 2.25. The second-order valence-electron chi connectivity index (χ2n) is 6.67. The van der Waals surface area contributed by atoms with E-state index >= 15 is 0 Å². The van der Waals surface area contributed by atoms with Crippen LogP contribution in [0.15, 0.2) is 34.0 Å². The first-order valence-electron chi connectivity index (χ1n) is 8.83. The molecule has 1 saturated heterocycles. The molecule has 2 aliphatic rings. The Labute approximate surface area is 154 Å². The van der Waals surface area contributed by atoms with E-state index in [1.54, 1.807) is 4.90 Å². The molecule has 0 aliphatic carbocycles. The number of nitrogens with zero attached hydrogens (tertiary/aromatic N) is 1. The predicted molar refractivity (Wildman–Crippen MR) is 97.2 cm³/mol. The standard InChI is InChI=1S/C18H20N4O5/c23-16(6-11-8-19-18(25)21-17(11)24)22-5-1-2-13(9-22)20-12-3-4-14-15(7-12)27-10-26-14/h3-4,7-8,13,20H,1-2,5-6,9-10H2,(H2,19,21,24,25). The van der Waals surface area contributed by atoms with Gasteiger partial charge >= 0.3 is 5.69 Å². The molecule has 0 spiro atoms. The van der Waals surface area contributed by atoms with Crippen LogP contribution in [0.1, 0.15) is 18.4 Å². The minimum Gasteiger partial charge on any atom is -0.454 e. The lowest BCUT2D eigenvalue weighted by Crippen LogP contribution is -2.46. The van der Waals surface area contributed by atoms with Gasteiger partial charge in [0.15, 0.2) is 11.5 Å². The number of aromatic amines is 2. The summed E-state index contributed by atoms with van der Waals surface area (Å²) in [5.74, 6) is 1.30. The van der Waals surface area contributed by atoms with Crippen molar-refractivity contribution in [2.75, 3.05) is 25.2 Å². The van der Waals surface area contributed by atoms with Crippen LogP contribution in [0, 0.1) is 0 Å². The van der Waals surface area contributed by atoms with E-state index in [2.05, 4.69) is 15.3 Å². The van der Waals surface area contributed by atoms with Crippen molar-refractivity contribution in [3.8, 4) is 11.5 Å². The molecule has 1 fully saturated rings. The van der Waals surface area contributed by atoms with Gasteiger partial charge in [-0.15, -0.1) is 0 Å². The van der Waals surface area contributed by atoms with Crippen LogP contribution >= 0.6 is 0 Å². The van der Waals surface area contributed by atoms with Crippen molar-refractivity contribution in [1.82, 2.24) is 14.9 Å². The third-order valence-corrected chi connectivity index (χ3v) is 4.76. The van der Waals surface area contributed by atoms with Gasteiger partial charge < -0.3 is 24.7 Å². The first-order chi connectivity index (χ1) is 13.1. The summed E-state index contributed by atoms with van der Waals surface area (Å²) in [6.07, 6.45) is 3.07. The van der Waals surface area contributed by atoms with Gasteiger partial charge in [-0.05, 0) is 25.0 Å². The molecule has 27 heavy (non-hydrogen) atoms. The van der Waals surface area contributed by atoms with Gasteiger partial charge in [-0.25, -0.2) is 4.79 Å². The molecule has 0 bridgehead atoms. The molecule has 2 aromatic rings. The van der Waals surface area contributed by atoms with Gasteiger partial charge in [-0.1, -0.05) is 0 Å². The molecule has 9 nitrogen and oxygen atoms in total. The van der Waals surface area contributed by atoms with Crippen LogP contribution in [0.5, 0.6) is 11.5 Å². The highest BCUT2D eigenvalue weighted by atomic mass is 16.7. The Morgan fingerprint density at radius 1 is 1.26 bits per heavy atom. The zero-order valence-corrected chi connectivity index (χ0v) is 14.6. The van der Waals surface area contributed by atoms with Crippen LogP contribution in [0.3, 0.4) is 0 Å². The minimum absolute atomic E-state index is 0.0388. The Kier molecular flexibility index (Phi) is 4.57. The number of piperidine rings is 1. The molecule has 1 aromatic carbocycles. The van der Waals surface area contributed by atoms with E-state index < -0.39 is 11.2 Å². The van der Waals surface area contributed by atoms with Crippen molar-refractivity contribution in [1.29, 1.82) is 0 Å². The van der Waals surface area contributed by atoms with E-state index in [0.29, 0.717) is 18.8 Å². The molecule has 1 aromatic heterocycles. The molecule has 1 unspecified atom stereocenters. The summed E-state index contributed by atoms with van der Waals surface area (Å²) in [6, 6.07) is 5.78. The van der Waals surface area contributed by atoms with Gasteiger partial charge in [-0.2, -0.15) is 0 Å². The monoisotopic (exact) mass is 372 g/mol. The van der Waals surface area contributed by atoms with Gasteiger partial charge in [0.2, 0.25) is 12.7 Å². The highest BCUT2D eigenvalue weighted by molar-refractivity contribution is 5.78. The maximum Gasteiger partial charge on any atom is 0.325 e. The average Bonchev–Trinajstić information content (AvgIpc) is 3.12. The fourth-order valence-electron chi connectivity index (χ4n) is 3.39. The molecular formula is C18H20N4O5. The van der Waals surface area contributed by atoms with E-state index in [1.807, 2.05) is 18.2 Å². The Morgan fingerprint density at radius 3 is 2.96 bits per heavy atom. The van der Waals surface area contributed by atoms with Crippen LogP contribution in [0.4, 0.5) is 5.69 Å². The van der Waals surface area contributed by atoms with Crippen molar-refractivity contribution in [3.63, 3.8) is 0 Å². The number of nitrogens with one attached hydrogen (secondary N) is 3. The molecular weight excluding hydrogens is 352 g/mol. The van der Waals surface area contributed by atoms with E-state index in [1.165, 1.54) is 6.20 Å². The zero-order valence-electron chi connectivity index (χ0n) is 14.6. The summed E-state index contributed by atoms with van der Waals surface area (Å²) in [4.78, 5) is 41.7. The summed E-state index contributed by atoms with van der Waals surface area (Å²) in [6.45, 7) is 1.43. The third kappa shape index (κ3) is 3.81. The topological polar surface area (TPSA) is 117 Å². The zero-order chi connectivity index (χ0) is 18.8. The summed E-state index contributed by atoms with van der Waals surface area (Å²) >= 11 is 0. The van der Waals surface area contributed by atoms with Gasteiger partial charge in [-0.3, -0.25) is 14.6 Å². The highest BCUT2D eigenvalue weighted by Crippen LogP contribution is 2.34. The van der Waals surface area contributed by atoms with Crippen LogP contribution in [-0.2, 0) is 11.2 Å². The van der Waals surface area contributed by atoms with Crippen molar-refractivity contribution >= 4 is 11.6 Å². The quantitative estimate of drug-likeness (QED) is 0.717. The summed E-state index contributed by atoms with van der Waals surface area (Å²) in [7, 11) is 0. The number of fused-ring (bicyclic) bond motifs is 1. The molecule has 3 heterocycles. The Bertz CT molecular complexity index is 967. The number of ether oxygens (including phenoxy) is 2. The van der Waals surface area contributed by atoms with Crippen molar-refractivity contribution in [3.05, 3.63) is 50.8 Å². The molecule has 0 saturated carbocycles. The number of hydrogen-bond donors (Lipinski definition) is 3. The largest absolute Gasteiger partial charge is 0.454 e. The van der Waals surface area contributed by atoms with Crippen LogP contribution < -0.4 is 26.0 Å². The van der Waals surface area contributed by atoms with Gasteiger partial charge in [0.05, 0.1) is 6.42 Å². The van der Waals surface area contributed by atoms with Crippen LogP contribution in [-0.4, -0.2) is 46.7 Å². The lowest BCUT2D eigenvalue weighted by Gasteiger charge is -2.33. The average molecular weight is 372 g/mol. The molecule has 2 aliphatic heterocycles. The molecule has 4 rings (SSSR count). The van der Waals surface area contributed by atoms with E-state index in [0.717, 1.165) is 24.3 Å². The first kappa shape index (κ1) is 17.2.